The van der Waals surface area contributed by atoms with Crippen LogP contribution in [0.15, 0.2) is 48.7 Å². The minimum absolute atomic E-state index is 0.144. The van der Waals surface area contributed by atoms with Crippen LogP contribution in [0, 0.1) is 11.6 Å². The minimum Gasteiger partial charge on any atom is -0.461 e. The van der Waals surface area contributed by atoms with E-state index in [1.165, 1.54) is 18.2 Å². The average molecular weight is 477 g/mol. The normalized spacial score (nSPS) is 19.5. The summed E-state index contributed by atoms with van der Waals surface area (Å²) in [6.45, 7) is 6.21. The van der Waals surface area contributed by atoms with Crippen LogP contribution < -0.4 is 0 Å². The molecule has 0 spiro atoms. The highest BCUT2D eigenvalue weighted by Gasteiger charge is 2.43. The van der Waals surface area contributed by atoms with E-state index in [4.69, 9.17) is 4.74 Å². The second kappa shape index (κ2) is 8.83. The zero-order valence-electron chi connectivity index (χ0n) is 19.9. The third kappa shape index (κ3) is 3.68. The first-order valence-electron chi connectivity index (χ1n) is 11.9. The number of ether oxygens (including phenoxy) is 1. The monoisotopic (exact) mass is 476 g/mol. The number of aromatic nitrogens is 4. The number of esters is 1. The molecule has 6 nitrogen and oxygen atoms in total. The Morgan fingerprint density at radius 3 is 2.60 bits per heavy atom. The topological polar surface area (TPSA) is 69.4 Å². The third-order valence-corrected chi connectivity index (χ3v) is 7.10. The molecule has 35 heavy (non-hydrogen) atoms. The molecule has 8 heteroatoms. The van der Waals surface area contributed by atoms with E-state index in [9.17, 15) is 13.6 Å². The van der Waals surface area contributed by atoms with Crippen LogP contribution in [0.2, 0.25) is 0 Å². The van der Waals surface area contributed by atoms with Gasteiger partial charge in [-0.15, -0.1) is 5.10 Å². The number of carbonyl (C=O) groups excluding carboxylic acids is 1. The van der Waals surface area contributed by atoms with E-state index in [-0.39, 0.29) is 29.5 Å². The molecule has 4 aromatic rings. The van der Waals surface area contributed by atoms with Crippen molar-refractivity contribution < 1.29 is 18.3 Å². The molecule has 180 valence electrons. The Bertz CT molecular complexity index is 1410. The predicted molar refractivity (Wildman–Crippen MR) is 127 cm³/mol. The van der Waals surface area contributed by atoms with Gasteiger partial charge in [0.2, 0.25) is 0 Å². The number of hydrogen-bond acceptors (Lipinski definition) is 5. The van der Waals surface area contributed by atoms with Gasteiger partial charge in [0.05, 0.1) is 29.0 Å². The molecule has 2 atom stereocenters. The highest BCUT2D eigenvalue weighted by atomic mass is 19.1. The lowest BCUT2D eigenvalue weighted by molar-refractivity contribution is 0.0520. The summed E-state index contributed by atoms with van der Waals surface area (Å²) >= 11 is 0. The molecule has 0 amide bonds. The molecular formula is C27H26F2N4O2. The van der Waals surface area contributed by atoms with Crippen molar-refractivity contribution in [3.05, 3.63) is 82.9 Å². The van der Waals surface area contributed by atoms with Crippen molar-refractivity contribution in [3.63, 3.8) is 0 Å². The number of halogens is 2. The lowest BCUT2D eigenvalue weighted by Crippen LogP contribution is -2.36. The maximum atomic E-state index is 14.5. The van der Waals surface area contributed by atoms with Crippen molar-refractivity contribution in [2.24, 2.45) is 0 Å². The summed E-state index contributed by atoms with van der Waals surface area (Å²) in [5.74, 6) is -1.66. The van der Waals surface area contributed by atoms with E-state index in [2.05, 4.69) is 29.0 Å². The molecule has 5 rings (SSSR count). The van der Waals surface area contributed by atoms with Crippen molar-refractivity contribution in [2.45, 2.75) is 51.4 Å². The van der Waals surface area contributed by atoms with Crippen LogP contribution in [0.5, 0.6) is 0 Å². The number of hydrogen-bond donors (Lipinski definition) is 0. The molecule has 3 aromatic heterocycles. The molecule has 0 aliphatic heterocycles. The van der Waals surface area contributed by atoms with E-state index < -0.39 is 23.0 Å². The summed E-state index contributed by atoms with van der Waals surface area (Å²) in [5.41, 5.74) is 3.04. The van der Waals surface area contributed by atoms with Gasteiger partial charge in [-0.05, 0) is 68.0 Å². The van der Waals surface area contributed by atoms with Crippen molar-refractivity contribution in [1.82, 2.24) is 19.6 Å². The Labute approximate surface area is 202 Å². The third-order valence-electron chi connectivity index (χ3n) is 7.10. The maximum absolute atomic E-state index is 14.5. The number of imidazole rings is 1. The van der Waals surface area contributed by atoms with Gasteiger partial charge in [-0.1, -0.05) is 26.0 Å². The molecule has 0 saturated heterocycles. The first kappa shape index (κ1) is 23.1. The van der Waals surface area contributed by atoms with Crippen molar-refractivity contribution in [1.29, 1.82) is 0 Å². The Balaban J connectivity index is 1.69. The van der Waals surface area contributed by atoms with E-state index >= 15 is 0 Å². The van der Waals surface area contributed by atoms with E-state index in [0.29, 0.717) is 5.65 Å². The van der Waals surface area contributed by atoms with Crippen molar-refractivity contribution in [2.75, 3.05) is 6.61 Å². The minimum atomic E-state index is -0.667. The first-order chi connectivity index (χ1) is 16.9. The van der Waals surface area contributed by atoms with Crippen LogP contribution in [0.1, 0.15) is 73.4 Å². The second-order valence-electron chi connectivity index (χ2n) is 8.99. The number of benzene rings is 1. The predicted octanol–water partition coefficient (Wildman–Crippen LogP) is 5.84. The summed E-state index contributed by atoms with van der Waals surface area (Å²) in [6, 6.07) is 11.3. The number of fused-ring (bicyclic) bond motifs is 2. The molecule has 1 aliphatic rings. The average Bonchev–Trinajstić information content (AvgIpc) is 3.30. The van der Waals surface area contributed by atoms with Gasteiger partial charge in [-0.3, -0.25) is 0 Å². The van der Waals surface area contributed by atoms with Crippen LogP contribution in [0.25, 0.3) is 16.9 Å². The Hall–Kier alpha value is -3.68. The van der Waals surface area contributed by atoms with Crippen LogP contribution in [-0.2, 0) is 10.2 Å². The zero-order chi connectivity index (χ0) is 24.7. The molecule has 1 aliphatic carbocycles. The summed E-state index contributed by atoms with van der Waals surface area (Å²) in [6.07, 6.45) is 4.10. The second-order valence-corrected chi connectivity index (χ2v) is 8.99. The smallest absolute Gasteiger partial charge is 0.358 e. The molecule has 0 saturated carbocycles. The van der Waals surface area contributed by atoms with Crippen LogP contribution in [-0.4, -0.2) is 32.2 Å². The van der Waals surface area contributed by atoms with E-state index in [0.717, 1.165) is 36.2 Å². The Morgan fingerprint density at radius 1 is 1.14 bits per heavy atom. The maximum Gasteiger partial charge on any atom is 0.358 e. The van der Waals surface area contributed by atoms with Gasteiger partial charge < -0.3 is 9.14 Å². The summed E-state index contributed by atoms with van der Waals surface area (Å²) in [7, 11) is 0. The van der Waals surface area contributed by atoms with Gasteiger partial charge in [0.1, 0.15) is 17.3 Å². The van der Waals surface area contributed by atoms with Crippen molar-refractivity contribution in [3.8, 4) is 11.3 Å². The molecule has 0 bridgehead atoms. The van der Waals surface area contributed by atoms with Crippen LogP contribution in [0.4, 0.5) is 8.78 Å². The molecule has 3 heterocycles. The number of carbonyl (C=O) groups is 1. The fourth-order valence-corrected chi connectivity index (χ4v) is 5.23. The lowest BCUT2D eigenvalue weighted by Gasteiger charge is -2.40. The van der Waals surface area contributed by atoms with E-state index in [1.54, 1.807) is 19.2 Å². The molecule has 0 radical (unpaired) electrons. The number of rotatable bonds is 5. The molecule has 0 fully saturated rings. The van der Waals surface area contributed by atoms with Gasteiger partial charge >= 0.3 is 5.97 Å². The lowest BCUT2D eigenvalue weighted by atomic mass is 9.66. The molecule has 0 N–H and O–H groups in total. The molecule has 0 unspecified atom stereocenters. The van der Waals surface area contributed by atoms with Gasteiger partial charge in [-0.25, -0.2) is 18.6 Å². The quantitative estimate of drug-likeness (QED) is 0.339. The summed E-state index contributed by atoms with van der Waals surface area (Å²) in [5, 5.41) is 8.89. The van der Waals surface area contributed by atoms with Gasteiger partial charge in [0.25, 0.3) is 0 Å². The SMILES string of the molecule is CCOC(=O)c1cn2c([C@@]3(CC)CC[C@H](C)c4cc(-c5c(F)cccc5F)nnc43)cccc2n1. The zero-order valence-corrected chi connectivity index (χ0v) is 19.9. The first-order valence-corrected chi connectivity index (χ1v) is 11.9. The van der Waals surface area contributed by atoms with Crippen LogP contribution >= 0.6 is 0 Å². The summed E-state index contributed by atoms with van der Waals surface area (Å²) < 4.78 is 36.0. The fraction of sp³-hybridized carbons (Fsp3) is 0.333. The van der Waals surface area contributed by atoms with Gasteiger partial charge in [-0.2, -0.15) is 5.10 Å². The number of nitrogens with zero attached hydrogens (tertiary/aromatic N) is 4. The summed E-state index contributed by atoms with van der Waals surface area (Å²) in [4.78, 5) is 16.8. The van der Waals surface area contributed by atoms with Gasteiger partial charge in [0.15, 0.2) is 5.69 Å². The highest BCUT2D eigenvalue weighted by Crippen LogP contribution is 2.48. The Morgan fingerprint density at radius 2 is 1.89 bits per heavy atom. The highest BCUT2D eigenvalue weighted by molar-refractivity contribution is 5.88. The standard InChI is InChI=1S/C27H26F2N4O2/c1-4-27(22-10-7-11-23-30-21(15-33(22)23)26(34)35-5-2)13-12-16(3)17-14-20(31-32-25(17)27)24-18(28)8-6-9-19(24)29/h6-11,14-16H,4-5,12-13H2,1-3H3/t16-,27+/m0/s1. The fourth-order valence-electron chi connectivity index (χ4n) is 5.23. The molecule has 1 aromatic carbocycles. The van der Waals surface area contributed by atoms with E-state index in [1.807, 2.05) is 22.6 Å². The van der Waals surface area contributed by atoms with Crippen molar-refractivity contribution >= 4 is 11.6 Å². The van der Waals surface area contributed by atoms with Gasteiger partial charge in [0, 0.05) is 11.9 Å². The molecular weight excluding hydrogens is 450 g/mol. The number of pyridine rings is 1. The Kier molecular flexibility index (Phi) is 5.83. The largest absolute Gasteiger partial charge is 0.461 e. The van der Waals surface area contributed by atoms with Crippen LogP contribution in [0.3, 0.4) is 0 Å².